The second kappa shape index (κ2) is 12.6. The van der Waals surface area contributed by atoms with Crippen molar-refractivity contribution in [3.8, 4) is 11.5 Å². The summed E-state index contributed by atoms with van der Waals surface area (Å²) in [7, 11) is -3.20. The third kappa shape index (κ3) is 6.72. The summed E-state index contributed by atoms with van der Waals surface area (Å²) in [6, 6.07) is 15.6. The van der Waals surface area contributed by atoms with Crippen LogP contribution in [0, 0.1) is 0 Å². The molecule has 1 amide bonds. The first-order valence-corrected chi connectivity index (χ1v) is 13.3. The number of aryl methyl sites for hydroxylation is 1. The predicted molar refractivity (Wildman–Crippen MR) is 144 cm³/mol. The Balaban J connectivity index is 0.00000420. The largest absolute Gasteiger partial charge is 1.00 e. The van der Waals surface area contributed by atoms with Crippen LogP contribution < -0.4 is 44.7 Å². The molecule has 0 fully saturated rings. The summed E-state index contributed by atoms with van der Waals surface area (Å²) in [4.78, 5) is 12.6. The van der Waals surface area contributed by atoms with Crippen molar-refractivity contribution in [3.05, 3.63) is 81.8 Å². The maximum absolute atomic E-state index is 13.4. The molecule has 4 aromatic rings. The number of carbonyl (C=O) groups excluding carboxylic acids is 1. The summed E-state index contributed by atoms with van der Waals surface area (Å²) >= 11 is 12.2. The van der Waals surface area contributed by atoms with Gasteiger partial charge < -0.3 is 15.2 Å². The van der Waals surface area contributed by atoms with Crippen LogP contribution in [0.1, 0.15) is 22.8 Å². The molecule has 0 aliphatic carbocycles. The molecule has 0 saturated heterocycles. The maximum Gasteiger partial charge on any atom is 1.00 e. The molecule has 0 unspecified atom stereocenters. The van der Waals surface area contributed by atoms with E-state index in [0.717, 1.165) is 0 Å². The van der Waals surface area contributed by atoms with Crippen LogP contribution in [-0.4, -0.2) is 26.0 Å². The first kappa shape index (κ1) is 30.8. The normalized spacial score (nSPS) is 11.4. The van der Waals surface area contributed by atoms with Crippen LogP contribution in [0.5, 0.6) is 11.5 Å². The number of fused-ring (bicyclic) bond motifs is 1. The SMILES string of the molecule is CCc1cc(N=Nc2c([O-])c(C(=O)Nc3ccc(Cl)c(OC)c3)cc3ccccc23)c(Cl)c(S(=O)(=O)O)c1.[Na+]. The van der Waals surface area contributed by atoms with Crippen molar-refractivity contribution in [1.29, 1.82) is 0 Å². The Bertz CT molecular complexity index is 1710. The molecule has 0 atom stereocenters. The number of methoxy groups -OCH3 is 1. The molecule has 0 aliphatic heterocycles. The van der Waals surface area contributed by atoms with E-state index in [2.05, 4.69) is 15.5 Å². The van der Waals surface area contributed by atoms with Gasteiger partial charge in [0.05, 0.1) is 22.8 Å². The number of hydrogen-bond acceptors (Lipinski definition) is 7. The topological polar surface area (TPSA) is 140 Å². The second-order valence-corrected chi connectivity index (χ2v) is 10.3. The number of ether oxygens (including phenoxy) is 1. The van der Waals surface area contributed by atoms with Crippen molar-refractivity contribution < 1.29 is 57.2 Å². The zero-order valence-corrected chi connectivity index (χ0v) is 25.4. The molecule has 9 nitrogen and oxygen atoms in total. The van der Waals surface area contributed by atoms with Crippen molar-refractivity contribution in [2.45, 2.75) is 18.2 Å². The van der Waals surface area contributed by atoms with E-state index in [-0.39, 0.29) is 51.5 Å². The molecular weight excluding hydrogens is 576 g/mol. The van der Waals surface area contributed by atoms with E-state index in [1.807, 2.05) is 0 Å². The van der Waals surface area contributed by atoms with Gasteiger partial charge in [-0.2, -0.15) is 13.5 Å². The average molecular weight is 596 g/mol. The number of nitrogens with zero attached hydrogens (tertiary/aromatic N) is 2. The van der Waals surface area contributed by atoms with E-state index in [4.69, 9.17) is 27.9 Å². The first-order chi connectivity index (χ1) is 18.0. The van der Waals surface area contributed by atoms with Gasteiger partial charge in [0, 0.05) is 22.7 Å². The molecular formula is C26H20Cl2N3NaO6S. The molecule has 0 aliphatic rings. The number of benzene rings is 4. The molecule has 4 rings (SSSR count). The van der Waals surface area contributed by atoms with Crippen LogP contribution >= 0.6 is 23.2 Å². The minimum atomic E-state index is -4.64. The first-order valence-electron chi connectivity index (χ1n) is 11.1. The van der Waals surface area contributed by atoms with Gasteiger partial charge in [0.1, 0.15) is 16.3 Å². The third-order valence-corrected chi connectivity index (χ3v) is 7.35. The molecule has 13 heteroatoms. The van der Waals surface area contributed by atoms with Crippen molar-refractivity contribution in [3.63, 3.8) is 0 Å². The van der Waals surface area contributed by atoms with Crippen LogP contribution in [0.4, 0.5) is 17.1 Å². The van der Waals surface area contributed by atoms with Crippen LogP contribution in [-0.2, 0) is 16.5 Å². The Hall–Kier alpha value is -2.70. The quantitative estimate of drug-likeness (QED) is 0.189. The smallest absolute Gasteiger partial charge is 0.870 e. The van der Waals surface area contributed by atoms with Gasteiger partial charge in [-0.1, -0.05) is 60.1 Å². The number of rotatable bonds is 7. The molecule has 39 heavy (non-hydrogen) atoms. The van der Waals surface area contributed by atoms with Gasteiger partial charge in [0.2, 0.25) is 0 Å². The number of carbonyl (C=O) groups is 1. The van der Waals surface area contributed by atoms with E-state index in [0.29, 0.717) is 39.2 Å². The van der Waals surface area contributed by atoms with Gasteiger partial charge in [-0.3, -0.25) is 9.35 Å². The Morgan fingerprint density at radius 1 is 1.08 bits per heavy atom. The van der Waals surface area contributed by atoms with Crippen molar-refractivity contribution in [1.82, 2.24) is 0 Å². The maximum atomic E-state index is 13.4. The van der Waals surface area contributed by atoms with Gasteiger partial charge in [-0.05, 0) is 47.7 Å². The fourth-order valence-electron chi connectivity index (χ4n) is 3.72. The standard InChI is InChI=1S/C26H21Cl2N3O6S.Na/c1-3-14-10-20(23(28)22(11-14)38(34,35)36)30-31-24-17-7-5-4-6-15(17)12-18(25(24)32)26(33)29-16-8-9-19(27)21(13-16)37-2;/h4-13,32H,3H2,1-2H3,(H,29,33)(H,34,35,36);/q;+1/p-1. The molecule has 0 aromatic heterocycles. The predicted octanol–water partition coefficient (Wildman–Crippen LogP) is 3.71. The summed E-state index contributed by atoms with van der Waals surface area (Å²) in [5, 5.41) is 25.2. The van der Waals surface area contributed by atoms with Gasteiger partial charge >= 0.3 is 29.6 Å². The molecule has 0 spiro atoms. The number of anilines is 1. The van der Waals surface area contributed by atoms with Crippen LogP contribution in [0.25, 0.3) is 10.8 Å². The van der Waals surface area contributed by atoms with E-state index in [1.165, 1.54) is 31.4 Å². The van der Waals surface area contributed by atoms with E-state index in [1.54, 1.807) is 43.3 Å². The molecule has 2 N–H and O–H groups in total. The van der Waals surface area contributed by atoms with Crippen LogP contribution in [0.3, 0.4) is 0 Å². The van der Waals surface area contributed by atoms with Crippen molar-refractivity contribution >= 4 is 67.1 Å². The summed E-state index contributed by atoms with van der Waals surface area (Å²) in [5.74, 6) is -1.06. The Labute approximate surface area is 256 Å². The van der Waals surface area contributed by atoms with E-state index < -0.39 is 26.7 Å². The number of hydrogen-bond donors (Lipinski definition) is 2. The van der Waals surface area contributed by atoms with E-state index >= 15 is 0 Å². The molecule has 196 valence electrons. The minimum Gasteiger partial charge on any atom is -0.870 e. The van der Waals surface area contributed by atoms with Gasteiger partial charge in [-0.25, -0.2) is 0 Å². The monoisotopic (exact) mass is 595 g/mol. The Morgan fingerprint density at radius 3 is 2.46 bits per heavy atom. The van der Waals surface area contributed by atoms with E-state index in [9.17, 15) is 22.9 Å². The van der Waals surface area contributed by atoms with Gasteiger partial charge in [0.15, 0.2) is 0 Å². The molecule has 0 bridgehead atoms. The fraction of sp³-hybridized carbons (Fsp3) is 0.115. The summed E-state index contributed by atoms with van der Waals surface area (Å²) < 4.78 is 38.3. The molecule has 0 saturated carbocycles. The Morgan fingerprint density at radius 2 is 1.79 bits per heavy atom. The minimum absolute atomic E-state index is 0. The van der Waals surface area contributed by atoms with Crippen LogP contribution in [0.2, 0.25) is 10.0 Å². The van der Waals surface area contributed by atoms with Crippen molar-refractivity contribution in [2.24, 2.45) is 10.2 Å². The molecule has 4 aromatic carbocycles. The summed E-state index contributed by atoms with van der Waals surface area (Å²) in [5.41, 5.74) is 0.472. The van der Waals surface area contributed by atoms with Gasteiger partial charge in [0.25, 0.3) is 16.0 Å². The number of halogens is 2. The van der Waals surface area contributed by atoms with Gasteiger partial charge in [-0.15, -0.1) is 5.11 Å². The average Bonchev–Trinajstić information content (AvgIpc) is 2.88. The number of amides is 1. The Kier molecular flexibility index (Phi) is 10.0. The number of azo groups is 1. The number of nitrogens with one attached hydrogen (secondary N) is 1. The summed E-state index contributed by atoms with van der Waals surface area (Å²) in [6.45, 7) is 1.78. The summed E-state index contributed by atoms with van der Waals surface area (Å²) in [6.07, 6.45) is 0.420. The second-order valence-electron chi connectivity index (χ2n) is 8.08. The molecule has 0 radical (unpaired) electrons. The fourth-order valence-corrected chi connectivity index (χ4v) is 4.99. The van der Waals surface area contributed by atoms with Crippen molar-refractivity contribution in [2.75, 3.05) is 12.4 Å². The molecule has 0 heterocycles. The van der Waals surface area contributed by atoms with Crippen LogP contribution in [0.15, 0.2) is 75.8 Å². The third-order valence-electron chi connectivity index (χ3n) is 5.65. The zero-order valence-electron chi connectivity index (χ0n) is 21.0. The zero-order chi connectivity index (χ0) is 27.6.